The number of ether oxygens (including phenoxy) is 1. The van der Waals surface area contributed by atoms with Crippen molar-refractivity contribution < 1.29 is 22.5 Å². The highest BCUT2D eigenvalue weighted by Crippen LogP contribution is 2.27. The number of nitrogens with one attached hydrogen (secondary N) is 1. The molecule has 0 atom stereocenters. The first kappa shape index (κ1) is 17.8. The van der Waals surface area contributed by atoms with Gasteiger partial charge in [0.25, 0.3) is 5.69 Å². The molecule has 0 saturated carbocycles. The van der Waals surface area contributed by atoms with Crippen LogP contribution in [0.2, 0.25) is 0 Å². The van der Waals surface area contributed by atoms with Gasteiger partial charge in [0.2, 0.25) is 10.0 Å². The minimum Gasteiger partial charge on any atom is -0.495 e. The van der Waals surface area contributed by atoms with Crippen LogP contribution in [0, 0.1) is 15.9 Å². The molecule has 24 heavy (non-hydrogen) atoms. The van der Waals surface area contributed by atoms with Crippen molar-refractivity contribution in [3.63, 3.8) is 0 Å². The zero-order valence-corrected chi connectivity index (χ0v) is 13.5. The molecule has 9 heteroatoms. The Labute approximate surface area is 138 Å². The van der Waals surface area contributed by atoms with E-state index in [1.807, 2.05) is 0 Å². The zero-order valence-electron chi connectivity index (χ0n) is 12.7. The van der Waals surface area contributed by atoms with Gasteiger partial charge in [0.05, 0.1) is 12.0 Å². The lowest BCUT2D eigenvalue weighted by molar-refractivity contribution is -0.385. The largest absolute Gasteiger partial charge is 0.495 e. The molecular weight excluding hydrogens is 339 g/mol. The van der Waals surface area contributed by atoms with Gasteiger partial charge in [0.15, 0.2) is 0 Å². The average molecular weight is 354 g/mol. The van der Waals surface area contributed by atoms with Crippen molar-refractivity contribution in [3.05, 3.63) is 64.0 Å². The molecule has 0 amide bonds. The van der Waals surface area contributed by atoms with Crippen molar-refractivity contribution in [1.29, 1.82) is 0 Å². The van der Waals surface area contributed by atoms with Crippen LogP contribution in [0.5, 0.6) is 5.75 Å². The van der Waals surface area contributed by atoms with Gasteiger partial charge in [-0.25, -0.2) is 17.5 Å². The van der Waals surface area contributed by atoms with E-state index in [4.69, 9.17) is 4.74 Å². The van der Waals surface area contributed by atoms with Gasteiger partial charge in [0.1, 0.15) is 16.5 Å². The Morgan fingerprint density at radius 2 is 1.88 bits per heavy atom. The third-order valence-electron chi connectivity index (χ3n) is 3.27. The van der Waals surface area contributed by atoms with Gasteiger partial charge >= 0.3 is 0 Å². The Morgan fingerprint density at radius 3 is 2.46 bits per heavy atom. The lowest BCUT2D eigenvalue weighted by atomic mass is 10.1. The number of benzene rings is 2. The maximum absolute atomic E-state index is 12.8. The Bertz CT molecular complexity index is 837. The summed E-state index contributed by atoms with van der Waals surface area (Å²) in [6.07, 6.45) is 0.344. The summed E-state index contributed by atoms with van der Waals surface area (Å²) in [4.78, 5) is 9.83. The number of methoxy groups -OCH3 is 1. The van der Waals surface area contributed by atoms with E-state index in [0.29, 0.717) is 6.42 Å². The molecule has 0 fully saturated rings. The molecule has 2 aromatic rings. The minimum absolute atomic E-state index is 0.00915. The van der Waals surface area contributed by atoms with Crippen LogP contribution in [0.4, 0.5) is 10.1 Å². The highest BCUT2D eigenvalue weighted by Gasteiger charge is 2.22. The van der Waals surface area contributed by atoms with Gasteiger partial charge in [-0.2, -0.15) is 0 Å². The highest BCUT2D eigenvalue weighted by molar-refractivity contribution is 7.89. The molecule has 0 unspecified atom stereocenters. The van der Waals surface area contributed by atoms with Crippen LogP contribution in [0.15, 0.2) is 47.4 Å². The molecule has 0 aliphatic carbocycles. The summed E-state index contributed by atoms with van der Waals surface area (Å²) in [6.45, 7) is 0.0554. The smallest absolute Gasteiger partial charge is 0.271 e. The molecule has 0 bridgehead atoms. The number of nitro benzene ring substituents is 1. The van der Waals surface area contributed by atoms with Gasteiger partial charge in [0, 0.05) is 18.7 Å². The van der Waals surface area contributed by atoms with E-state index in [1.165, 1.54) is 25.3 Å². The maximum atomic E-state index is 12.8. The van der Waals surface area contributed by atoms with E-state index < -0.39 is 14.9 Å². The van der Waals surface area contributed by atoms with Crippen LogP contribution in [0.1, 0.15) is 5.56 Å². The summed E-state index contributed by atoms with van der Waals surface area (Å²) in [5.41, 5.74) is 0.403. The molecule has 128 valence electrons. The number of hydrogen-bond acceptors (Lipinski definition) is 5. The maximum Gasteiger partial charge on any atom is 0.271 e. The van der Waals surface area contributed by atoms with E-state index in [1.54, 1.807) is 12.1 Å². The van der Waals surface area contributed by atoms with Crippen molar-refractivity contribution in [2.75, 3.05) is 13.7 Å². The predicted octanol–water partition coefficient (Wildman–Crippen LogP) is 2.26. The molecule has 2 rings (SSSR count). The summed E-state index contributed by atoms with van der Waals surface area (Å²) in [5.74, 6) is -0.365. The SMILES string of the molecule is COc1ccc([N+](=O)[O-])cc1S(=O)(=O)NCCc1ccc(F)cc1. The first-order valence-corrected chi connectivity index (χ1v) is 8.38. The van der Waals surface area contributed by atoms with Crippen molar-refractivity contribution in [2.24, 2.45) is 0 Å². The lowest BCUT2D eigenvalue weighted by Crippen LogP contribution is -2.26. The number of nitro groups is 1. The molecule has 0 heterocycles. The Morgan fingerprint density at radius 1 is 1.21 bits per heavy atom. The molecule has 0 radical (unpaired) electrons. The lowest BCUT2D eigenvalue weighted by Gasteiger charge is -2.10. The summed E-state index contributed by atoms with van der Waals surface area (Å²) in [6, 6.07) is 9.01. The summed E-state index contributed by atoms with van der Waals surface area (Å²) in [5, 5.41) is 10.8. The number of hydrogen-bond donors (Lipinski definition) is 1. The number of halogens is 1. The molecule has 0 spiro atoms. The first-order valence-electron chi connectivity index (χ1n) is 6.90. The second-order valence-electron chi connectivity index (χ2n) is 4.87. The summed E-state index contributed by atoms with van der Waals surface area (Å²) < 4.78 is 44.9. The van der Waals surface area contributed by atoms with Crippen LogP contribution in [0.3, 0.4) is 0 Å². The predicted molar refractivity (Wildman–Crippen MR) is 84.9 cm³/mol. The van der Waals surface area contributed by atoms with E-state index in [0.717, 1.165) is 17.7 Å². The quantitative estimate of drug-likeness (QED) is 0.607. The number of non-ortho nitro benzene ring substituents is 1. The fraction of sp³-hybridized carbons (Fsp3) is 0.200. The van der Waals surface area contributed by atoms with Crippen LogP contribution in [-0.4, -0.2) is 27.0 Å². The van der Waals surface area contributed by atoms with Gasteiger partial charge in [-0.05, 0) is 30.2 Å². The zero-order chi connectivity index (χ0) is 17.7. The van der Waals surface area contributed by atoms with Crippen molar-refractivity contribution >= 4 is 15.7 Å². The summed E-state index contributed by atoms with van der Waals surface area (Å²) in [7, 11) is -2.71. The van der Waals surface area contributed by atoms with E-state index >= 15 is 0 Å². The third kappa shape index (κ3) is 4.27. The second-order valence-corrected chi connectivity index (χ2v) is 6.60. The monoisotopic (exact) mass is 354 g/mol. The molecule has 1 N–H and O–H groups in total. The molecule has 0 aliphatic heterocycles. The van der Waals surface area contributed by atoms with Crippen LogP contribution < -0.4 is 9.46 Å². The standard InChI is InChI=1S/C15H15FN2O5S/c1-23-14-7-6-13(18(19)20)10-15(14)24(21,22)17-9-8-11-2-4-12(16)5-3-11/h2-7,10,17H,8-9H2,1H3. The molecule has 7 nitrogen and oxygen atoms in total. The topological polar surface area (TPSA) is 98.5 Å². The Balaban J connectivity index is 2.15. The van der Waals surface area contributed by atoms with Gasteiger partial charge < -0.3 is 4.74 Å². The summed E-state index contributed by atoms with van der Waals surface area (Å²) >= 11 is 0. The van der Waals surface area contributed by atoms with Gasteiger partial charge in [-0.3, -0.25) is 10.1 Å². The van der Waals surface area contributed by atoms with Crippen molar-refractivity contribution in [2.45, 2.75) is 11.3 Å². The van der Waals surface area contributed by atoms with Gasteiger partial charge in [-0.1, -0.05) is 12.1 Å². The van der Waals surface area contributed by atoms with E-state index in [-0.39, 0.29) is 28.7 Å². The number of sulfonamides is 1. The van der Waals surface area contributed by atoms with E-state index in [2.05, 4.69) is 4.72 Å². The Hall–Kier alpha value is -2.52. The third-order valence-corrected chi connectivity index (χ3v) is 4.75. The van der Waals surface area contributed by atoms with Crippen molar-refractivity contribution in [3.8, 4) is 5.75 Å². The normalized spacial score (nSPS) is 11.2. The fourth-order valence-electron chi connectivity index (χ4n) is 2.05. The first-order chi connectivity index (χ1) is 11.3. The minimum atomic E-state index is -3.99. The van der Waals surface area contributed by atoms with Crippen LogP contribution >= 0.6 is 0 Å². The molecule has 0 aromatic heterocycles. The van der Waals surface area contributed by atoms with Crippen LogP contribution in [0.25, 0.3) is 0 Å². The number of rotatable bonds is 7. The van der Waals surface area contributed by atoms with E-state index in [9.17, 15) is 22.9 Å². The number of nitrogens with zero attached hydrogens (tertiary/aromatic N) is 1. The molecule has 0 saturated heterocycles. The molecule has 2 aromatic carbocycles. The molecule has 0 aliphatic rings. The Kier molecular flexibility index (Phi) is 5.47. The van der Waals surface area contributed by atoms with Gasteiger partial charge in [-0.15, -0.1) is 0 Å². The van der Waals surface area contributed by atoms with Crippen LogP contribution in [-0.2, 0) is 16.4 Å². The fourth-order valence-corrected chi connectivity index (χ4v) is 3.27. The van der Waals surface area contributed by atoms with Crippen molar-refractivity contribution in [1.82, 2.24) is 4.72 Å². The molecular formula is C15H15FN2O5S. The average Bonchev–Trinajstić information content (AvgIpc) is 2.56. The second kappa shape index (κ2) is 7.37. The highest BCUT2D eigenvalue weighted by atomic mass is 32.2.